The zero-order valence-electron chi connectivity index (χ0n) is 28.1. The lowest BCUT2D eigenvalue weighted by atomic mass is 9.97. The number of aliphatic hydroxyl groups excluding tert-OH is 1. The van der Waals surface area contributed by atoms with Crippen molar-refractivity contribution in [3.8, 4) is 17.2 Å². The molecule has 4 amide bonds. The monoisotopic (exact) mass is 744 g/mol. The molecule has 2 aliphatic heterocycles. The molecule has 3 atom stereocenters. The van der Waals surface area contributed by atoms with Gasteiger partial charge in [-0.1, -0.05) is 72.1 Å². The van der Waals surface area contributed by atoms with Gasteiger partial charge in [0.05, 0.1) is 23.7 Å². The Morgan fingerprint density at radius 1 is 0.750 bits per heavy atom. The summed E-state index contributed by atoms with van der Waals surface area (Å²) in [6.07, 6.45) is 1.85. The molecule has 0 aliphatic carbocycles. The van der Waals surface area contributed by atoms with Gasteiger partial charge >= 0.3 is 0 Å². The second-order valence-electron chi connectivity index (χ2n) is 12.3. The number of nitrogens with zero attached hydrogens (tertiary/aromatic N) is 1. The van der Waals surface area contributed by atoms with E-state index in [1.54, 1.807) is 24.3 Å². The topological polar surface area (TPSA) is 131 Å². The van der Waals surface area contributed by atoms with Crippen LogP contribution in [0.2, 0.25) is 0 Å². The van der Waals surface area contributed by atoms with Crippen molar-refractivity contribution < 1.29 is 42.9 Å². The molecule has 0 spiro atoms. The van der Waals surface area contributed by atoms with Crippen molar-refractivity contribution in [2.75, 3.05) is 26.6 Å². The van der Waals surface area contributed by atoms with Crippen LogP contribution in [0.3, 0.4) is 0 Å². The van der Waals surface area contributed by atoms with Gasteiger partial charge < -0.3 is 19.3 Å². The van der Waals surface area contributed by atoms with Crippen molar-refractivity contribution in [3.05, 3.63) is 125 Å². The second kappa shape index (κ2) is 17.6. The summed E-state index contributed by atoms with van der Waals surface area (Å²) in [6, 6.07) is 28.4. The maximum atomic E-state index is 13.7. The van der Waals surface area contributed by atoms with Gasteiger partial charge in [0.15, 0.2) is 6.73 Å². The number of nitrogens with one attached hydrogen (secondary N) is 1. The minimum Gasteiger partial charge on any atom is -0.493 e. The van der Waals surface area contributed by atoms with E-state index in [9.17, 15) is 28.7 Å². The molecule has 2 aliphatic rings. The van der Waals surface area contributed by atoms with Gasteiger partial charge in [0.25, 0.3) is 10.5 Å². The highest BCUT2D eigenvalue weighted by atomic mass is 32.2. The maximum absolute atomic E-state index is 13.7. The highest BCUT2D eigenvalue weighted by molar-refractivity contribution is 8.15. The summed E-state index contributed by atoms with van der Waals surface area (Å²) in [6.45, 7) is 0.431. The lowest BCUT2D eigenvalue weighted by Crippen LogP contribution is -2.35. The molecular weight excluding hydrogens is 708 g/mol. The summed E-state index contributed by atoms with van der Waals surface area (Å²) in [5.74, 6) is 0.727. The average Bonchev–Trinajstić information content (AvgIpc) is 3.60. The number of imide groups is 2. The molecule has 270 valence electrons. The zero-order valence-corrected chi connectivity index (χ0v) is 29.7. The minimum absolute atomic E-state index is 0.0473. The number of hydrogen-bond donors (Lipinski definition) is 2. The number of ether oxygens (including phenoxy) is 3. The van der Waals surface area contributed by atoms with E-state index >= 15 is 0 Å². The molecule has 0 bridgehead atoms. The Hall–Kier alpha value is -4.85. The molecule has 4 aromatic carbocycles. The van der Waals surface area contributed by atoms with Crippen LogP contribution in [0.15, 0.2) is 97.1 Å². The molecule has 2 N–H and O–H groups in total. The van der Waals surface area contributed by atoms with E-state index in [1.807, 2.05) is 60.7 Å². The Bertz CT molecular complexity index is 1890. The van der Waals surface area contributed by atoms with Gasteiger partial charge in [-0.25, -0.2) is 9.29 Å². The standard InChI is InChI=1S/C39H37FN2O8S2/c40-30-5-2-4-28(22-30)29(15-17-43)23-49-32-13-9-27(10-14-32)21-35-37(45)42(39(47)52-35)24-50-33-6-1-3-25(19-33)16-18-48-31-11-7-26(8-12-31)20-34-36(44)41-38(46)51-34/h1-14,19,22,29,34-35,43H,15-18,20-21,23-24H2,(H,41,44,46). The highest BCUT2D eigenvalue weighted by Gasteiger charge is 2.40. The zero-order chi connectivity index (χ0) is 36.5. The highest BCUT2D eigenvalue weighted by Crippen LogP contribution is 2.31. The lowest BCUT2D eigenvalue weighted by Gasteiger charge is -2.18. The summed E-state index contributed by atoms with van der Waals surface area (Å²) < 4.78 is 31.4. The molecule has 6 rings (SSSR count). The van der Waals surface area contributed by atoms with Crippen molar-refractivity contribution in [2.24, 2.45) is 0 Å². The van der Waals surface area contributed by atoms with E-state index in [1.165, 1.54) is 12.1 Å². The molecule has 0 saturated carbocycles. The number of halogens is 1. The second-order valence-corrected chi connectivity index (χ2v) is 14.6. The Morgan fingerprint density at radius 2 is 1.44 bits per heavy atom. The van der Waals surface area contributed by atoms with Crippen LogP contribution >= 0.6 is 23.5 Å². The lowest BCUT2D eigenvalue weighted by molar-refractivity contribution is -0.128. The van der Waals surface area contributed by atoms with Gasteiger partial charge in [-0.05, 0) is 90.0 Å². The van der Waals surface area contributed by atoms with E-state index in [0.717, 1.165) is 50.7 Å². The van der Waals surface area contributed by atoms with Crippen molar-refractivity contribution in [1.82, 2.24) is 10.2 Å². The van der Waals surface area contributed by atoms with E-state index in [4.69, 9.17) is 14.2 Å². The van der Waals surface area contributed by atoms with Crippen molar-refractivity contribution >= 4 is 45.8 Å². The van der Waals surface area contributed by atoms with Gasteiger partial charge in [-0.3, -0.25) is 24.5 Å². The van der Waals surface area contributed by atoms with E-state index in [0.29, 0.717) is 49.5 Å². The number of thioether (sulfide) groups is 2. The quantitative estimate of drug-likeness (QED) is 0.123. The number of hydrogen-bond acceptors (Lipinski definition) is 10. The number of amides is 4. The number of rotatable bonds is 17. The number of aliphatic hydroxyl groups is 1. The fourth-order valence-corrected chi connectivity index (χ4v) is 7.70. The van der Waals surface area contributed by atoms with E-state index < -0.39 is 10.5 Å². The van der Waals surface area contributed by atoms with Crippen LogP contribution in [-0.2, 0) is 28.9 Å². The molecule has 0 aromatic heterocycles. The van der Waals surface area contributed by atoms with Crippen molar-refractivity contribution in [1.29, 1.82) is 0 Å². The minimum atomic E-state index is -0.576. The van der Waals surface area contributed by atoms with Gasteiger partial charge in [0, 0.05) is 18.9 Å². The molecule has 3 unspecified atom stereocenters. The normalized spacial score (nSPS) is 17.7. The first-order valence-electron chi connectivity index (χ1n) is 16.8. The van der Waals surface area contributed by atoms with Crippen LogP contribution in [0.4, 0.5) is 14.0 Å². The maximum Gasteiger partial charge on any atom is 0.291 e. The molecule has 13 heteroatoms. The van der Waals surface area contributed by atoms with E-state index in [2.05, 4.69) is 5.32 Å². The van der Waals surface area contributed by atoms with E-state index in [-0.39, 0.29) is 54.0 Å². The SMILES string of the molecule is O=C1NC(=O)C(Cc2ccc(OCCc3cccc(OCN4C(=O)SC(Cc5ccc(OCC(CCO)c6cccc(F)c6)cc5)C4=O)c3)cc2)S1. The fourth-order valence-electron chi connectivity index (χ4n) is 5.82. The van der Waals surface area contributed by atoms with Gasteiger partial charge in [-0.2, -0.15) is 0 Å². The molecule has 10 nitrogen and oxygen atoms in total. The van der Waals surface area contributed by atoms with Crippen LogP contribution < -0.4 is 19.5 Å². The molecule has 52 heavy (non-hydrogen) atoms. The Balaban J connectivity index is 0.935. The molecule has 2 fully saturated rings. The first-order chi connectivity index (χ1) is 25.2. The third-order valence-electron chi connectivity index (χ3n) is 8.63. The van der Waals surface area contributed by atoms with Crippen LogP contribution in [0, 0.1) is 5.82 Å². The molecule has 4 aromatic rings. The summed E-state index contributed by atoms with van der Waals surface area (Å²) >= 11 is 1.98. The van der Waals surface area contributed by atoms with Gasteiger partial charge in [-0.15, -0.1) is 0 Å². The van der Waals surface area contributed by atoms with Gasteiger partial charge in [0.1, 0.15) is 23.1 Å². The Kier molecular flexibility index (Phi) is 12.5. The number of carbonyl (C=O) groups excluding carboxylic acids is 4. The number of carbonyl (C=O) groups is 4. The summed E-state index contributed by atoms with van der Waals surface area (Å²) in [7, 11) is 0. The Labute approximate surface area is 309 Å². The number of benzene rings is 4. The smallest absolute Gasteiger partial charge is 0.291 e. The Morgan fingerprint density at radius 3 is 2.12 bits per heavy atom. The molecular formula is C39H37FN2O8S2. The first kappa shape index (κ1) is 36.9. The predicted molar refractivity (Wildman–Crippen MR) is 196 cm³/mol. The predicted octanol–water partition coefficient (Wildman–Crippen LogP) is 6.53. The van der Waals surface area contributed by atoms with Crippen molar-refractivity contribution in [3.63, 3.8) is 0 Å². The third-order valence-corrected chi connectivity index (χ3v) is 10.7. The van der Waals surface area contributed by atoms with Crippen LogP contribution in [0.1, 0.15) is 34.6 Å². The largest absolute Gasteiger partial charge is 0.493 e. The fraction of sp³-hybridized carbons (Fsp3) is 0.282. The van der Waals surface area contributed by atoms with Crippen LogP contribution in [0.5, 0.6) is 17.2 Å². The van der Waals surface area contributed by atoms with Crippen LogP contribution in [0.25, 0.3) is 0 Å². The average molecular weight is 745 g/mol. The van der Waals surface area contributed by atoms with Crippen molar-refractivity contribution in [2.45, 2.75) is 42.1 Å². The molecule has 2 saturated heterocycles. The summed E-state index contributed by atoms with van der Waals surface area (Å²) in [4.78, 5) is 50.3. The summed E-state index contributed by atoms with van der Waals surface area (Å²) in [5, 5.41) is 10.1. The van der Waals surface area contributed by atoms with Crippen LogP contribution in [-0.4, -0.2) is 69.4 Å². The third kappa shape index (κ3) is 9.93. The summed E-state index contributed by atoms with van der Waals surface area (Å²) in [5.41, 5.74) is 3.52. The first-order valence-corrected chi connectivity index (χ1v) is 18.5. The molecule has 0 radical (unpaired) electrons. The van der Waals surface area contributed by atoms with Gasteiger partial charge in [0.2, 0.25) is 11.8 Å². The molecule has 2 heterocycles.